The number of carbonyl (C=O) groups is 2. The molecule has 0 radical (unpaired) electrons. The predicted molar refractivity (Wildman–Crippen MR) is 116 cm³/mol. The molecule has 1 atom stereocenters. The topological polar surface area (TPSA) is 80.8 Å². The van der Waals surface area contributed by atoms with Gasteiger partial charge in [-0.3, -0.25) is 9.59 Å². The van der Waals surface area contributed by atoms with Crippen LogP contribution in [0.4, 0.5) is 0 Å². The highest BCUT2D eigenvalue weighted by molar-refractivity contribution is 7.09. The maximum atomic E-state index is 12.6. The van der Waals surface area contributed by atoms with Crippen molar-refractivity contribution in [1.82, 2.24) is 15.2 Å². The lowest BCUT2D eigenvalue weighted by molar-refractivity contribution is -0.121. The van der Waals surface area contributed by atoms with Gasteiger partial charge < -0.3 is 19.7 Å². The molecule has 1 aliphatic rings. The lowest BCUT2D eigenvalue weighted by Gasteiger charge is -2.32. The highest BCUT2D eigenvalue weighted by Gasteiger charge is 2.26. The zero-order valence-corrected chi connectivity index (χ0v) is 18.6. The maximum Gasteiger partial charge on any atom is 0.273 e. The van der Waals surface area contributed by atoms with Gasteiger partial charge in [0.05, 0.1) is 19.2 Å². The van der Waals surface area contributed by atoms with Gasteiger partial charge in [0.15, 0.2) is 0 Å². The molecule has 1 N–H and O–H groups in total. The lowest BCUT2D eigenvalue weighted by Crippen LogP contribution is -2.40. The van der Waals surface area contributed by atoms with E-state index < -0.39 is 0 Å². The molecule has 3 rings (SSSR count). The summed E-state index contributed by atoms with van der Waals surface area (Å²) in [5.41, 5.74) is 1.43. The molecule has 0 aliphatic carbocycles. The van der Waals surface area contributed by atoms with Crippen LogP contribution in [-0.4, -0.2) is 49.0 Å². The third-order valence-electron chi connectivity index (χ3n) is 5.39. The van der Waals surface area contributed by atoms with Crippen molar-refractivity contribution in [3.63, 3.8) is 0 Å². The van der Waals surface area contributed by atoms with Crippen molar-refractivity contribution in [3.8, 4) is 11.5 Å². The van der Waals surface area contributed by atoms with Gasteiger partial charge in [-0.15, -0.1) is 11.3 Å². The second-order valence-electron chi connectivity index (χ2n) is 7.50. The van der Waals surface area contributed by atoms with Crippen molar-refractivity contribution >= 4 is 23.2 Å². The van der Waals surface area contributed by atoms with E-state index in [0.717, 1.165) is 36.4 Å². The number of aromatic nitrogens is 1. The molecule has 2 heterocycles. The maximum absolute atomic E-state index is 12.6. The number of piperidine rings is 1. The molecule has 2 aromatic rings. The normalized spacial score (nSPS) is 16.2. The number of thiazole rings is 1. The summed E-state index contributed by atoms with van der Waals surface area (Å²) < 4.78 is 10.6. The van der Waals surface area contributed by atoms with E-state index in [2.05, 4.69) is 10.3 Å². The average Bonchev–Trinajstić information content (AvgIpc) is 3.22. The number of nitrogens with zero attached hydrogens (tertiary/aromatic N) is 2. The zero-order valence-electron chi connectivity index (χ0n) is 17.8. The van der Waals surface area contributed by atoms with Crippen molar-refractivity contribution < 1.29 is 19.1 Å². The number of hydrogen-bond acceptors (Lipinski definition) is 6. The number of amides is 2. The van der Waals surface area contributed by atoms with Crippen molar-refractivity contribution in [2.75, 3.05) is 27.3 Å². The Bertz CT molecular complexity index is 883. The van der Waals surface area contributed by atoms with Gasteiger partial charge in [-0.1, -0.05) is 0 Å². The Morgan fingerprint density at radius 3 is 2.83 bits per heavy atom. The quantitative estimate of drug-likeness (QED) is 0.693. The monoisotopic (exact) mass is 431 g/mol. The molecule has 2 amide bonds. The number of likely N-dealkylation sites (tertiary alicyclic amines) is 1. The minimum Gasteiger partial charge on any atom is -0.497 e. The largest absolute Gasteiger partial charge is 0.497 e. The van der Waals surface area contributed by atoms with Gasteiger partial charge in [0.25, 0.3) is 5.91 Å². The van der Waals surface area contributed by atoms with Crippen LogP contribution in [0.3, 0.4) is 0 Å². The Morgan fingerprint density at radius 1 is 1.30 bits per heavy atom. The van der Waals surface area contributed by atoms with E-state index in [9.17, 15) is 9.59 Å². The second kappa shape index (κ2) is 10.4. The van der Waals surface area contributed by atoms with E-state index in [0.29, 0.717) is 42.6 Å². The number of rotatable bonds is 8. The number of aryl methyl sites for hydroxylation is 1. The van der Waals surface area contributed by atoms with Gasteiger partial charge >= 0.3 is 0 Å². The van der Waals surface area contributed by atoms with Crippen molar-refractivity contribution in [1.29, 1.82) is 0 Å². The molecule has 162 valence electrons. The molecule has 0 saturated carbocycles. The number of benzene rings is 1. The minimum absolute atomic E-state index is 0.0000947. The van der Waals surface area contributed by atoms with Crippen LogP contribution in [0.5, 0.6) is 11.5 Å². The molecule has 0 bridgehead atoms. The van der Waals surface area contributed by atoms with Gasteiger partial charge in [0.1, 0.15) is 17.2 Å². The molecule has 1 fully saturated rings. The summed E-state index contributed by atoms with van der Waals surface area (Å²) in [7, 11) is 3.21. The van der Waals surface area contributed by atoms with Gasteiger partial charge in [0, 0.05) is 43.1 Å². The SMILES string of the molecule is COc1ccc(CNC(=O)CC[C@@H]2CCCN(C(=O)c3csc(C)n3)C2)c(OC)c1. The van der Waals surface area contributed by atoms with Crippen molar-refractivity contribution in [3.05, 3.63) is 39.8 Å². The Labute approximate surface area is 181 Å². The summed E-state index contributed by atoms with van der Waals surface area (Å²) in [6.45, 7) is 3.76. The van der Waals surface area contributed by atoms with E-state index in [-0.39, 0.29) is 11.8 Å². The Morgan fingerprint density at radius 2 is 2.13 bits per heavy atom. The molecule has 8 heteroatoms. The summed E-state index contributed by atoms with van der Waals surface area (Å²) in [6, 6.07) is 5.54. The highest BCUT2D eigenvalue weighted by Crippen LogP contribution is 2.25. The molecular formula is C22H29N3O4S. The Kier molecular flexibility index (Phi) is 7.68. The number of nitrogens with one attached hydrogen (secondary N) is 1. The molecule has 0 spiro atoms. The fourth-order valence-corrected chi connectivity index (χ4v) is 4.31. The first-order valence-corrected chi connectivity index (χ1v) is 11.1. The van der Waals surface area contributed by atoms with Gasteiger partial charge in [-0.2, -0.15) is 0 Å². The molecule has 7 nitrogen and oxygen atoms in total. The molecular weight excluding hydrogens is 402 g/mol. The predicted octanol–water partition coefficient (Wildman–Crippen LogP) is 3.42. The standard InChI is InChI=1S/C22H29N3O4S/c1-15-24-19(14-30-15)22(27)25-10-4-5-16(13-25)6-9-21(26)23-12-17-7-8-18(28-2)11-20(17)29-3/h7-8,11,14,16H,4-6,9-10,12-13H2,1-3H3,(H,23,26)/t16-/m0/s1. The van der Waals surface area contributed by atoms with E-state index in [1.807, 2.05) is 29.3 Å². The van der Waals surface area contributed by atoms with Crippen molar-refractivity contribution in [2.45, 2.75) is 39.2 Å². The average molecular weight is 432 g/mol. The van der Waals surface area contributed by atoms with Crippen LogP contribution in [0.25, 0.3) is 0 Å². The van der Waals surface area contributed by atoms with Gasteiger partial charge in [-0.25, -0.2) is 4.98 Å². The summed E-state index contributed by atoms with van der Waals surface area (Å²) in [6.07, 6.45) is 3.22. The Balaban J connectivity index is 1.46. The number of methoxy groups -OCH3 is 2. The van der Waals surface area contributed by atoms with Crippen LogP contribution in [0.15, 0.2) is 23.6 Å². The first-order chi connectivity index (χ1) is 14.5. The van der Waals surface area contributed by atoms with E-state index in [1.165, 1.54) is 11.3 Å². The van der Waals surface area contributed by atoms with Crippen LogP contribution in [0.2, 0.25) is 0 Å². The third kappa shape index (κ3) is 5.72. The zero-order chi connectivity index (χ0) is 21.5. The minimum atomic E-state index is 0.0000947. The molecule has 1 aromatic carbocycles. The highest BCUT2D eigenvalue weighted by atomic mass is 32.1. The van der Waals surface area contributed by atoms with Crippen LogP contribution >= 0.6 is 11.3 Å². The van der Waals surface area contributed by atoms with E-state index in [4.69, 9.17) is 9.47 Å². The van der Waals surface area contributed by atoms with Crippen LogP contribution in [-0.2, 0) is 11.3 Å². The summed E-state index contributed by atoms with van der Waals surface area (Å²) >= 11 is 1.49. The number of hydrogen-bond donors (Lipinski definition) is 1. The molecule has 1 saturated heterocycles. The second-order valence-corrected chi connectivity index (χ2v) is 8.57. The third-order valence-corrected chi connectivity index (χ3v) is 6.17. The summed E-state index contributed by atoms with van der Waals surface area (Å²) in [4.78, 5) is 31.2. The van der Waals surface area contributed by atoms with Crippen LogP contribution in [0, 0.1) is 12.8 Å². The summed E-state index contributed by atoms with van der Waals surface area (Å²) in [5.74, 6) is 1.75. The number of ether oxygens (including phenoxy) is 2. The molecule has 0 unspecified atom stereocenters. The van der Waals surface area contributed by atoms with Crippen molar-refractivity contribution in [2.24, 2.45) is 5.92 Å². The fraction of sp³-hybridized carbons (Fsp3) is 0.500. The van der Waals surface area contributed by atoms with Gasteiger partial charge in [0.2, 0.25) is 5.91 Å². The van der Waals surface area contributed by atoms with Crippen LogP contribution in [0.1, 0.15) is 46.7 Å². The van der Waals surface area contributed by atoms with E-state index >= 15 is 0 Å². The molecule has 1 aliphatic heterocycles. The van der Waals surface area contributed by atoms with E-state index in [1.54, 1.807) is 20.3 Å². The van der Waals surface area contributed by atoms with Gasteiger partial charge in [-0.05, 0) is 44.2 Å². The smallest absolute Gasteiger partial charge is 0.273 e. The molecule has 1 aromatic heterocycles. The summed E-state index contributed by atoms with van der Waals surface area (Å²) in [5, 5.41) is 5.69. The molecule has 30 heavy (non-hydrogen) atoms. The fourth-order valence-electron chi connectivity index (χ4n) is 3.72. The lowest BCUT2D eigenvalue weighted by atomic mass is 9.93. The first-order valence-electron chi connectivity index (χ1n) is 10.2. The Hall–Kier alpha value is -2.61. The van der Waals surface area contributed by atoms with Crippen LogP contribution < -0.4 is 14.8 Å². The number of carbonyl (C=O) groups excluding carboxylic acids is 2. The first kappa shape index (κ1) is 22.1.